The lowest BCUT2D eigenvalue weighted by Crippen LogP contribution is -2.39. The molecule has 2 aromatic heterocycles. The lowest BCUT2D eigenvalue weighted by atomic mass is 9.82. The van der Waals surface area contributed by atoms with Crippen LogP contribution in [0.1, 0.15) is 23.7 Å². The summed E-state index contributed by atoms with van der Waals surface area (Å²) in [5.41, 5.74) is -3.01. The van der Waals surface area contributed by atoms with Gasteiger partial charge in [-0.15, -0.1) is 0 Å². The molecule has 2 heterocycles. The van der Waals surface area contributed by atoms with E-state index in [4.69, 9.17) is 0 Å². The molecule has 1 N–H and O–H groups in total. The second-order valence-electron chi connectivity index (χ2n) is 6.56. The maximum absolute atomic E-state index is 14.4. The summed E-state index contributed by atoms with van der Waals surface area (Å²) in [5.74, 6) is 2.63. The van der Waals surface area contributed by atoms with E-state index in [0.29, 0.717) is 6.07 Å². The van der Waals surface area contributed by atoms with Gasteiger partial charge in [0.05, 0.1) is 12.5 Å². The van der Waals surface area contributed by atoms with E-state index in [1.54, 1.807) is 0 Å². The molecule has 2 atom stereocenters. The van der Waals surface area contributed by atoms with Crippen LogP contribution in [0.25, 0.3) is 0 Å². The monoisotopic (exact) mass is 422 g/mol. The Kier molecular flexibility index (Phi) is 5.85. The molecule has 30 heavy (non-hydrogen) atoms. The second-order valence-corrected chi connectivity index (χ2v) is 6.56. The van der Waals surface area contributed by atoms with Crippen LogP contribution in [0.2, 0.25) is 0 Å². The van der Waals surface area contributed by atoms with E-state index in [0.717, 1.165) is 30.5 Å². The molecule has 0 spiro atoms. The number of alkyl halides is 3. The number of halogens is 5. The molecule has 0 fully saturated rings. The average Bonchev–Trinajstić information content (AvgIpc) is 3.18. The summed E-state index contributed by atoms with van der Waals surface area (Å²) in [6.45, 7) is 1.26. The van der Waals surface area contributed by atoms with Crippen molar-refractivity contribution in [3.8, 4) is 11.8 Å². The number of hydrogen-bond acceptors (Lipinski definition) is 4. The first-order valence-electron chi connectivity index (χ1n) is 8.64. The van der Waals surface area contributed by atoms with Crippen molar-refractivity contribution in [2.45, 2.75) is 25.2 Å². The number of rotatable bonds is 4. The number of hydrogen-bond donors (Lipinski definition) is 1. The summed E-state index contributed by atoms with van der Waals surface area (Å²) in [7, 11) is 0. The number of pyridine rings is 1. The van der Waals surface area contributed by atoms with Crippen LogP contribution in [0.5, 0.6) is 0 Å². The third-order valence-electron chi connectivity index (χ3n) is 4.47. The third kappa shape index (κ3) is 4.63. The summed E-state index contributed by atoms with van der Waals surface area (Å²) >= 11 is 0. The first-order valence-corrected chi connectivity index (χ1v) is 8.64. The quantitative estimate of drug-likeness (QED) is 0.516. The molecular weight excluding hydrogens is 407 g/mol. The van der Waals surface area contributed by atoms with Gasteiger partial charge >= 0.3 is 6.18 Å². The van der Waals surface area contributed by atoms with Gasteiger partial charge in [-0.2, -0.15) is 18.3 Å². The lowest BCUT2D eigenvalue weighted by molar-refractivity contribution is -0.141. The molecule has 0 aliphatic rings. The molecule has 156 valence electrons. The smallest absolute Gasteiger partial charge is 0.382 e. The van der Waals surface area contributed by atoms with Crippen molar-refractivity contribution in [2.24, 2.45) is 5.92 Å². The number of aromatic nitrogens is 4. The SMILES string of the molecule is C[C@@H](C#Cc1ccc(C(F)(F)F)nc1)[C@](O)(Cn1cncn1)c1ccc(F)cc1F. The molecule has 5 nitrogen and oxygen atoms in total. The Hall–Kier alpha value is -3.32. The van der Waals surface area contributed by atoms with Gasteiger partial charge in [0.15, 0.2) is 0 Å². The fourth-order valence-electron chi connectivity index (χ4n) is 2.80. The van der Waals surface area contributed by atoms with Gasteiger partial charge < -0.3 is 5.11 Å². The summed E-state index contributed by atoms with van der Waals surface area (Å²) in [4.78, 5) is 7.09. The van der Waals surface area contributed by atoms with Crippen molar-refractivity contribution < 1.29 is 27.1 Å². The normalized spacial score (nSPS) is 14.5. The van der Waals surface area contributed by atoms with Gasteiger partial charge in [-0.25, -0.2) is 18.4 Å². The molecule has 0 radical (unpaired) electrons. The zero-order chi connectivity index (χ0) is 21.9. The topological polar surface area (TPSA) is 63.8 Å². The highest BCUT2D eigenvalue weighted by Crippen LogP contribution is 2.33. The number of nitrogens with zero attached hydrogens (tertiary/aromatic N) is 4. The van der Waals surface area contributed by atoms with Gasteiger partial charge in [-0.3, -0.25) is 4.98 Å². The van der Waals surface area contributed by atoms with E-state index < -0.39 is 35.0 Å². The Balaban J connectivity index is 1.95. The van der Waals surface area contributed by atoms with E-state index in [1.807, 2.05) is 0 Å². The maximum atomic E-state index is 14.4. The van der Waals surface area contributed by atoms with Gasteiger partial charge in [0.2, 0.25) is 0 Å². The Morgan fingerprint density at radius 3 is 2.50 bits per heavy atom. The molecule has 3 rings (SSSR count). The molecule has 10 heteroatoms. The Morgan fingerprint density at radius 1 is 1.17 bits per heavy atom. The van der Waals surface area contributed by atoms with Crippen LogP contribution < -0.4 is 0 Å². The minimum Gasteiger partial charge on any atom is -0.382 e. The lowest BCUT2D eigenvalue weighted by Gasteiger charge is -2.32. The summed E-state index contributed by atoms with van der Waals surface area (Å²) in [6.07, 6.45) is -1.08. The highest BCUT2D eigenvalue weighted by Gasteiger charge is 2.38. The first kappa shape index (κ1) is 21.4. The van der Waals surface area contributed by atoms with Crippen LogP contribution in [-0.4, -0.2) is 24.9 Å². The molecule has 0 aliphatic carbocycles. The predicted octanol–water partition coefficient (Wildman–Crippen LogP) is 3.55. The van der Waals surface area contributed by atoms with E-state index in [2.05, 4.69) is 26.9 Å². The minimum atomic E-state index is -4.57. The van der Waals surface area contributed by atoms with Gasteiger partial charge in [-0.1, -0.05) is 17.9 Å². The Labute approximate surface area is 168 Å². The highest BCUT2D eigenvalue weighted by molar-refractivity contribution is 5.36. The van der Waals surface area contributed by atoms with Crippen LogP contribution in [0.3, 0.4) is 0 Å². The molecule has 3 aromatic rings. The molecule has 0 bridgehead atoms. The van der Waals surface area contributed by atoms with E-state index in [-0.39, 0.29) is 17.7 Å². The van der Waals surface area contributed by atoms with Crippen molar-refractivity contribution >= 4 is 0 Å². The standard InChI is InChI=1S/C20H15F5N4O/c1-13(2-3-14-4-7-18(27-9-14)20(23,24)25)19(30,10-29-12-26-11-28-29)16-6-5-15(21)8-17(16)22/h4-9,11-13,30H,10H2,1H3/t13-,19+/m0/s1. The predicted molar refractivity (Wildman–Crippen MR) is 95.6 cm³/mol. The molecule has 0 aliphatic heterocycles. The van der Waals surface area contributed by atoms with Crippen molar-refractivity contribution in [1.82, 2.24) is 19.7 Å². The number of benzene rings is 1. The zero-order valence-corrected chi connectivity index (χ0v) is 15.5. The Bertz CT molecular complexity index is 1070. The van der Waals surface area contributed by atoms with Crippen LogP contribution >= 0.6 is 0 Å². The van der Waals surface area contributed by atoms with Crippen molar-refractivity contribution in [1.29, 1.82) is 0 Å². The third-order valence-corrected chi connectivity index (χ3v) is 4.47. The molecule has 0 amide bonds. The maximum Gasteiger partial charge on any atom is 0.433 e. The molecule has 0 saturated heterocycles. The van der Waals surface area contributed by atoms with Gasteiger partial charge in [-0.05, 0) is 25.1 Å². The summed E-state index contributed by atoms with van der Waals surface area (Å²) in [6, 6.07) is 4.69. The second kappa shape index (κ2) is 8.20. The van der Waals surface area contributed by atoms with Gasteiger partial charge in [0.25, 0.3) is 0 Å². The fraction of sp³-hybridized carbons (Fsp3) is 0.250. The van der Waals surface area contributed by atoms with Gasteiger partial charge in [0.1, 0.15) is 35.6 Å². The van der Waals surface area contributed by atoms with Crippen molar-refractivity contribution in [3.63, 3.8) is 0 Å². The minimum absolute atomic E-state index is 0.178. The highest BCUT2D eigenvalue weighted by atomic mass is 19.4. The summed E-state index contributed by atoms with van der Waals surface area (Å²) < 4.78 is 66.9. The van der Waals surface area contributed by atoms with E-state index in [9.17, 15) is 27.1 Å². The van der Waals surface area contributed by atoms with E-state index >= 15 is 0 Å². The zero-order valence-electron chi connectivity index (χ0n) is 15.5. The molecule has 0 unspecified atom stereocenters. The van der Waals surface area contributed by atoms with Crippen LogP contribution in [-0.2, 0) is 18.3 Å². The Morgan fingerprint density at radius 2 is 1.93 bits per heavy atom. The van der Waals surface area contributed by atoms with Crippen LogP contribution in [0.15, 0.2) is 49.2 Å². The van der Waals surface area contributed by atoms with Gasteiger partial charge in [0, 0.05) is 23.4 Å². The molecule has 1 aromatic carbocycles. The van der Waals surface area contributed by atoms with Crippen LogP contribution in [0.4, 0.5) is 22.0 Å². The van der Waals surface area contributed by atoms with Crippen molar-refractivity contribution in [3.05, 3.63) is 77.6 Å². The first-order chi connectivity index (χ1) is 14.1. The average molecular weight is 422 g/mol. The largest absolute Gasteiger partial charge is 0.433 e. The fourth-order valence-corrected chi connectivity index (χ4v) is 2.80. The molecule has 0 saturated carbocycles. The van der Waals surface area contributed by atoms with Crippen molar-refractivity contribution in [2.75, 3.05) is 0 Å². The molecular formula is C20H15F5N4O. The summed E-state index contributed by atoms with van der Waals surface area (Å²) in [5, 5.41) is 15.2. The van der Waals surface area contributed by atoms with E-state index in [1.165, 1.54) is 24.3 Å². The van der Waals surface area contributed by atoms with Crippen LogP contribution in [0, 0.1) is 29.4 Å². The number of aliphatic hydroxyl groups is 1.